The summed E-state index contributed by atoms with van der Waals surface area (Å²) >= 11 is 7.18. The molecule has 6 N–H and O–H groups in total. The Balaban J connectivity index is 0.00000385. The van der Waals surface area contributed by atoms with Crippen molar-refractivity contribution in [3.63, 3.8) is 0 Å². The van der Waals surface area contributed by atoms with E-state index in [0.29, 0.717) is 18.4 Å². The van der Waals surface area contributed by atoms with E-state index in [2.05, 4.69) is 28.1 Å². The van der Waals surface area contributed by atoms with E-state index in [1.54, 1.807) is 11.8 Å². The summed E-state index contributed by atoms with van der Waals surface area (Å²) in [7, 11) is 0. The van der Waals surface area contributed by atoms with Crippen LogP contribution in [0.3, 0.4) is 0 Å². The molecule has 2 aromatic rings. The van der Waals surface area contributed by atoms with Crippen LogP contribution >= 0.6 is 11.8 Å². The number of amidine groups is 1. The average molecular weight is 478 g/mol. The maximum absolute atomic E-state index is 13.1. The Morgan fingerprint density at radius 2 is 2.06 bits per heavy atom. The molecule has 3 rings (SSSR count). The van der Waals surface area contributed by atoms with Crippen molar-refractivity contribution in [3.8, 4) is 0 Å². The van der Waals surface area contributed by atoms with Crippen molar-refractivity contribution in [1.82, 2.24) is 10.6 Å². The number of nitrogens with two attached hydrogens (primary N) is 1. The van der Waals surface area contributed by atoms with Gasteiger partial charge in [0.15, 0.2) is 0 Å². The van der Waals surface area contributed by atoms with Gasteiger partial charge < -0.3 is 34.3 Å². The molecular formula is C24H32LiN5OS2. The Morgan fingerprint density at radius 1 is 1.30 bits per heavy atom. The van der Waals surface area contributed by atoms with Gasteiger partial charge in [-0.15, -0.1) is 5.25 Å². The van der Waals surface area contributed by atoms with Crippen LogP contribution in [-0.4, -0.2) is 54.2 Å². The second-order valence-electron chi connectivity index (χ2n) is 8.07. The Labute approximate surface area is 218 Å². The summed E-state index contributed by atoms with van der Waals surface area (Å²) in [6.07, 6.45) is 4.29. The van der Waals surface area contributed by atoms with Crippen LogP contribution in [0.15, 0.2) is 48.5 Å². The van der Waals surface area contributed by atoms with E-state index in [9.17, 15) is 4.79 Å². The largest absolute Gasteiger partial charge is 1.00 e. The summed E-state index contributed by atoms with van der Waals surface area (Å²) in [6, 6.07) is 15.7. The predicted octanol–water partition coefficient (Wildman–Crippen LogP) is -0.242. The molecule has 1 amide bonds. The molecule has 0 saturated carbocycles. The maximum atomic E-state index is 13.1. The Kier molecular flexibility index (Phi) is 11.7. The fourth-order valence-corrected chi connectivity index (χ4v) is 4.62. The molecule has 1 aliphatic heterocycles. The van der Waals surface area contributed by atoms with Crippen LogP contribution in [0.1, 0.15) is 34.3 Å². The summed E-state index contributed by atoms with van der Waals surface area (Å²) < 4.78 is 0. The third-order valence-corrected chi connectivity index (χ3v) is 6.90. The van der Waals surface area contributed by atoms with Crippen molar-refractivity contribution in [3.05, 3.63) is 65.2 Å². The molecule has 0 radical (unpaired) electrons. The molecule has 1 heterocycles. The van der Waals surface area contributed by atoms with E-state index in [-0.39, 0.29) is 41.9 Å². The fourth-order valence-electron chi connectivity index (χ4n) is 3.84. The summed E-state index contributed by atoms with van der Waals surface area (Å²) in [4.78, 5) is 13.1. The monoisotopic (exact) mass is 477 g/mol. The Morgan fingerprint density at radius 3 is 2.70 bits per heavy atom. The third-order valence-electron chi connectivity index (χ3n) is 5.69. The molecule has 1 saturated heterocycles. The second kappa shape index (κ2) is 14.0. The van der Waals surface area contributed by atoms with E-state index in [1.165, 1.54) is 0 Å². The van der Waals surface area contributed by atoms with Crippen molar-refractivity contribution in [2.75, 3.05) is 30.4 Å². The minimum Gasteiger partial charge on any atom is -0.788 e. The zero-order valence-electron chi connectivity index (χ0n) is 19.4. The molecule has 1 fully saturated rings. The molecule has 2 aromatic carbocycles. The number of nitrogens with one attached hydrogen (secondary N) is 4. The van der Waals surface area contributed by atoms with Gasteiger partial charge in [-0.1, -0.05) is 36.8 Å². The minimum atomic E-state index is -0.463. The third kappa shape index (κ3) is 8.31. The first-order valence-electron chi connectivity index (χ1n) is 10.9. The van der Waals surface area contributed by atoms with Gasteiger partial charge in [0.05, 0.1) is 6.04 Å². The van der Waals surface area contributed by atoms with Crippen molar-refractivity contribution in [2.45, 2.75) is 36.6 Å². The van der Waals surface area contributed by atoms with Crippen molar-refractivity contribution < 1.29 is 23.7 Å². The molecule has 33 heavy (non-hydrogen) atoms. The number of anilines is 1. The summed E-state index contributed by atoms with van der Waals surface area (Å²) in [5.74, 6) is 0.605. The summed E-state index contributed by atoms with van der Waals surface area (Å²) in [6.45, 7) is 1.72. The number of rotatable bonds is 11. The zero-order chi connectivity index (χ0) is 22.9. The summed E-state index contributed by atoms with van der Waals surface area (Å²) in [5.41, 5.74) is 9.37. The first-order valence-corrected chi connectivity index (χ1v) is 12.8. The van der Waals surface area contributed by atoms with Gasteiger partial charge in [-0.25, -0.2) is 0 Å². The molecule has 6 nitrogen and oxygen atoms in total. The molecule has 0 aromatic heterocycles. The van der Waals surface area contributed by atoms with Gasteiger partial charge in [0.1, 0.15) is 5.84 Å². The standard InChI is InChI=1S/C24H33N5OS2.Li/c1-32-12-10-20(23(25)26)29-24(30)19-8-7-18(28-15-21-22(31)9-11-27-21)14-17(19)13-16-5-3-2-4-6-16;/h2-8,14,20-22,27-28,31H,9-13,15H2,1H3,(H3,25,26)(H,29,30);/q;+1/p-1/t20-,21?,22?;/m0./s1. The number of hydrogen-bond acceptors (Lipinski definition) is 6. The first-order chi connectivity index (χ1) is 15.5. The topological polar surface area (TPSA) is 103 Å². The number of amides is 1. The van der Waals surface area contributed by atoms with Crippen LogP contribution in [0.5, 0.6) is 0 Å². The van der Waals surface area contributed by atoms with Crippen LogP contribution in [0, 0.1) is 5.41 Å². The van der Waals surface area contributed by atoms with E-state index in [0.717, 1.165) is 42.1 Å². The molecule has 2 unspecified atom stereocenters. The van der Waals surface area contributed by atoms with Gasteiger partial charge in [-0.2, -0.15) is 11.8 Å². The number of thioether (sulfide) groups is 1. The quantitative estimate of drug-likeness (QED) is 0.133. The maximum Gasteiger partial charge on any atom is 1.00 e. The molecule has 3 atom stereocenters. The van der Waals surface area contributed by atoms with Crippen LogP contribution in [0.4, 0.5) is 5.69 Å². The van der Waals surface area contributed by atoms with Crippen LogP contribution in [0.2, 0.25) is 0 Å². The number of carbonyl (C=O) groups is 1. The molecule has 9 heteroatoms. The van der Waals surface area contributed by atoms with E-state index in [1.807, 2.05) is 42.7 Å². The molecule has 0 bridgehead atoms. The van der Waals surface area contributed by atoms with E-state index in [4.69, 9.17) is 23.8 Å². The van der Waals surface area contributed by atoms with Crippen LogP contribution in [-0.2, 0) is 19.0 Å². The van der Waals surface area contributed by atoms with Gasteiger partial charge in [0.25, 0.3) is 5.91 Å². The van der Waals surface area contributed by atoms with Gasteiger partial charge in [-0.3, -0.25) is 10.2 Å². The van der Waals surface area contributed by atoms with Crippen LogP contribution in [0.25, 0.3) is 0 Å². The van der Waals surface area contributed by atoms with Crippen molar-refractivity contribution in [1.29, 1.82) is 5.41 Å². The van der Waals surface area contributed by atoms with Gasteiger partial charge in [0.2, 0.25) is 0 Å². The Hall–Kier alpha value is -1.56. The predicted molar refractivity (Wildman–Crippen MR) is 138 cm³/mol. The van der Waals surface area contributed by atoms with E-state index < -0.39 is 6.04 Å². The fraction of sp³-hybridized carbons (Fsp3) is 0.417. The first kappa shape index (κ1) is 27.7. The average Bonchev–Trinajstić information content (AvgIpc) is 3.20. The second-order valence-corrected chi connectivity index (χ2v) is 9.66. The molecule has 0 spiro atoms. The zero-order valence-corrected chi connectivity index (χ0v) is 21.0. The van der Waals surface area contributed by atoms with Gasteiger partial charge in [0, 0.05) is 23.8 Å². The van der Waals surface area contributed by atoms with Crippen molar-refractivity contribution >= 4 is 41.8 Å². The molecule has 0 aliphatic carbocycles. The molecule has 172 valence electrons. The van der Waals surface area contributed by atoms with Gasteiger partial charge in [-0.05, 0) is 60.7 Å². The van der Waals surface area contributed by atoms with Crippen molar-refractivity contribution in [2.24, 2.45) is 5.73 Å². The smallest absolute Gasteiger partial charge is 0.788 e. The SMILES string of the molecule is CSCC[C@H](NC(=O)c1ccc(NCC2NCCC2[S-])cc1Cc1ccccc1)C(=N)N.[Li+]. The number of carbonyl (C=O) groups excluding carboxylic acids is 1. The molecule has 1 aliphatic rings. The normalized spacial score (nSPS) is 18.2. The molecular weight excluding hydrogens is 445 g/mol. The Bertz CT molecular complexity index is 915. The number of hydrogen-bond donors (Lipinski definition) is 5. The van der Waals surface area contributed by atoms with Crippen LogP contribution < -0.4 is 40.5 Å². The van der Waals surface area contributed by atoms with E-state index >= 15 is 0 Å². The minimum absolute atomic E-state index is 0. The van der Waals surface area contributed by atoms with Gasteiger partial charge >= 0.3 is 18.9 Å². The summed E-state index contributed by atoms with van der Waals surface area (Å²) in [5, 5.41) is 17.9. The number of benzene rings is 2.